The molecule has 0 aliphatic carbocycles. The molecule has 0 aromatic carbocycles. The maximum atomic E-state index is 10.9. The Morgan fingerprint density at radius 3 is 3.00 bits per heavy atom. The van der Waals surface area contributed by atoms with Crippen LogP contribution in [0.5, 0.6) is 0 Å². The van der Waals surface area contributed by atoms with Gasteiger partial charge in [-0.15, -0.1) is 0 Å². The number of carbonyl (C=O) groups is 1. The Labute approximate surface area is 81.2 Å². The van der Waals surface area contributed by atoms with Gasteiger partial charge >= 0.3 is 5.97 Å². The van der Waals surface area contributed by atoms with Crippen LogP contribution in [-0.4, -0.2) is 17.6 Å². The average molecular weight is 193 g/mol. The van der Waals surface area contributed by atoms with Crippen LogP contribution in [0.4, 0.5) is 0 Å². The number of pyridine rings is 1. The zero-order chi connectivity index (χ0) is 10.4. The molecule has 1 N–H and O–H groups in total. The van der Waals surface area contributed by atoms with Gasteiger partial charge in [-0.1, -0.05) is 6.07 Å². The molecule has 4 nitrogen and oxygen atoms in total. The van der Waals surface area contributed by atoms with E-state index < -0.39 is 5.97 Å². The molecule has 0 fully saturated rings. The highest BCUT2D eigenvalue weighted by Crippen LogP contribution is 1.94. The second-order valence-corrected chi connectivity index (χ2v) is 2.56. The van der Waals surface area contributed by atoms with E-state index in [0.29, 0.717) is 12.3 Å². The van der Waals surface area contributed by atoms with Crippen molar-refractivity contribution in [2.24, 2.45) is 0 Å². The Kier molecular flexibility index (Phi) is 3.67. The normalized spacial score (nSPS) is 10.4. The van der Waals surface area contributed by atoms with Crippen LogP contribution in [0.25, 0.3) is 6.08 Å². The smallest absolute Gasteiger partial charge is 0.330 e. The van der Waals surface area contributed by atoms with Gasteiger partial charge in [0.05, 0.1) is 6.61 Å². The highest BCUT2D eigenvalue weighted by molar-refractivity contribution is 5.86. The van der Waals surface area contributed by atoms with Crippen molar-refractivity contribution in [3.63, 3.8) is 0 Å². The van der Waals surface area contributed by atoms with Crippen molar-refractivity contribution in [3.05, 3.63) is 40.3 Å². The summed E-state index contributed by atoms with van der Waals surface area (Å²) in [5.41, 5.74) is 0.376. The highest BCUT2D eigenvalue weighted by Gasteiger charge is 1.93. The highest BCUT2D eigenvalue weighted by atomic mass is 16.5. The van der Waals surface area contributed by atoms with Crippen LogP contribution in [-0.2, 0) is 9.53 Å². The second-order valence-electron chi connectivity index (χ2n) is 2.56. The largest absolute Gasteiger partial charge is 0.463 e. The predicted octanol–water partition coefficient (Wildman–Crippen LogP) is 0.951. The van der Waals surface area contributed by atoms with Gasteiger partial charge in [0.1, 0.15) is 0 Å². The van der Waals surface area contributed by atoms with Crippen molar-refractivity contribution in [3.8, 4) is 0 Å². The number of H-pyrrole nitrogens is 1. The van der Waals surface area contributed by atoms with Crippen molar-refractivity contribution in [1.82, 2.24) is 4.98 Å². The number of hydrogen-bond donors (Lipinski definition) is 1. The third kappa shape index (κ3) is 3.26. The molecular weight excluding hydrogens is 182 g/mol. The van der Waals surface area contributed by atoms with E-state index in [2.05, 4.69) is 9.72 Å². The summed E-state index contributed by atoms with van der Waals surface area (Å²) in [5, 5.41) is 0. The fourth-order valence-electron chi connectivity index (χ4n) is 0.910. The van der Waals surface area contributed by atoms with Gasteiger partial charge in [-0.25, -0.2) is 4.79 Å². The molecule has 1 aromatic rings. The SMILES string of the molecule is CCOC(=O)/C=C/c1cccc(=O)[nH]1. The summed E-state index contributed by atoms with van der Waals surface area (Å²) in [6, 6.07) is 4.71. The molecule has 0 saturated heterocycles. The minimum atomic E-state index is -0.419. The first-order valence-electron chi connectivity index (χ1n) is 4.26. The van der Waals surface area contributed by atoms with Gasteiger partial charge in [0, 0.05) is 17.8 Å². The minimum absolute atomic E-state index is 0.198. The lowest BCUT2D eigenvalue weighted by Crippen LogP contribution is -2.04. The van der Waals surface area contributed by atoms with Crippen molar-refractivity contribution in [2.45, 2.75) is 6.92 Å². The zero-order valence-electron chi connectivity index (χ0n) is 7.82. The first-order chi connectivity index (χ1) is 6.72. The first kappa shape index (κ1) is 10.2. The molecule has 74 valence electrons. The fraction of sp³-hybridized carbons (Fsp3) is 0.200. The molecule has 0 aliphatic rings. The van der Waals surface area contributed by atoms with Crippen LogP contribution in [0.1, 0.15) is 12.6 Å². The Balaban J connectivity index is 2.69. The van der Waals surface area contributed by atoms with Gasteiger partial charge in [0.2, 0.25) is 5.56 Å². The van der Waals surface area contributed by atoms with Crippen LogP contribution in [0, 0.1) is 0 Å². The summed E-state index contributed by atoms with van der Waals surface area (Å²) in [7, 11) is 0. The van der Waals surface area contributed by atoms with Gasteiger partial charge in [0.15, 0.2) is 0 Å². The summed E-state index contributed by atoms with van der Waals surface area (Å²) in [6.45, 7) is 2.07. The molecule has 1 rings (SSSR count). The van der Waals surface area contributed by atoms with Gasteiger partial charge in [-0.2, -0.15) is 0 Å². The lowest BCUT2D eigenvalue weighted by molar-refractivity contribution is -0.137. The maximum Gasteiger partial charge on any atom is 0.330 e. The van der Waals surface area contributed by atoms with Crippen molar-refractivity contribution < 1.29 is 9.53 Å². The van der Waals surface area contributed by atoms with E-state index in [1.54, 1.807) is 19.1 Å². The summed E-state index contributed by atoms with van der Waals surface area (Å²) in [6.07, 6.45) is 2.77. The van der Waals surface area contributed by atoms with Crippen LogP contribution in [0.3, 0.4) is 0 Å². The lowest BCUT2D eigenvalue weighted by atomic mass is 10.3. The quantitative estimate of drug-likeness (QED) is 0.574. The van der Waals surface area contributed by atoms with Crippen LogP contribution >= 0.6 is 0 Å². The molecule has 4 heteroatoms. The number of aromatic nitrogens is 1. The topological polar surface area (TPSA) is 59.2 Å². The molecular formula is C10H11NO3. The number of carbonyl (C=O) groups excluding carboxylic acids is 1. The molecule has 0 aliphatic heterocycles. The minimum Gasteiger partial charge on any atom is -0.463 e. The average Bonchev–Trinajstić information content (AvgIpc) is 2.15. The molecule has 0 spiro atoms. The van der Waals surface area contributed by atoms with Gasteiger partial charge in [0.25, 0.3) is 0 Å². The van der Waals surface area contributed by atoms with E-state index in [-0.39, 0.29) is 5.56 Å². The molecule has 0 atom stereocenters. The molecule has 0 radical (unpaired) electrons. The molecule has 14 heavy (non-hydrogen) atoms. The summed E-state index contributed by atoms with van der Waals surface area (Å²) < 4.78 is 4.68. The zero-order valence-corrected chi connectivity index (χ0v) is 7.82. The molecule has 0 saturated carbocycles. The maximum absolute atomic E-state index is 10.9. The molecule has 0 amide bonds. The summed E-state index contributed by atoms with van der Waals surface area (Å²) >= 11 is 0. The first-order valence-corrected chi connectivity index (χ1v) is 4.26. The number of hydrogen-bond acceptors (Lipinski definition) is 3. The Bertz CT molecular complexity index is 392. The third-order valence-corrected chi connectivity index (χ3v) is 1.48. The number of rotatable bonds is 3. The fourth-order valence-corrected chi connectivity index (χ4v) is 0.910. The number of esters is 1. The van der Waals surface area contributed by atoms with E-state index in [4.69, 9.17) is 0 Å². The number of ether oxygens (including phenoxy) is 1. The standard InChI is InChI=1S/C10H11NO3/c1-2-14-10(13)7-6-8-4-3-5-9(12)11-8/h3-7H,2H2,1H3,(H,11,12)/b7-6+. The number of nitrogens with one attached hydrogen (secondary N) is 1. The van der Waals surface area contributed by atoms with Gasteiger partial charge in [-0.05, 0) is 19.1 Å². The Hall–Kier alpha value is -1.84. The van der Waals surface area contributed by atoms with Crippen molar-refractivity contribution >= 4 is 12.0 Å². The number of aromatic amines is 1. The van der Waals surface area contributed by atoms with E-state index in [1.165, 1.54) is 18.2 Å². The Morgan fingerprint density at radius 2 is 2.36 bits per heavy atom. The molecule has 1 aromatic heterocycles. The monoisotopic (exact) mass is 193 g/mol. The molecule has 0 bridgehead atoms. The van der Waals surface area contributed by atoms with E-state index in [1.807, 2.05) is 0 Å². The van der Waals surface area contributed by atoms with Gasteiger partial charge < -0.3 is 9.72 Å². The van der Waals surface area contributed by atoms with Crippen LogP contribution in [0.2, 0.25) is 0 Å². The van der Waals surface area contributed by atoms with Crippen LogP contribution in [0.15, 0.2) is 29.1 Å². The summed E-state index contributed by atoms with van der Waals surface area (Å²) in [5.74, 6) is -0.419. The van der Waals surface area contributed by atoms with Crippen molar-refractivity contribution in [2.75, 3.05) is 6.61 Å². The lowest BCUT2D eigenvalue weighted by Gasteiger charge is -1.94. The van der Waals surface area contributed by atoms with Crippen LogP contribution < -0.4 is 5.56 Å². The summed E-state index contributed by atoms with van der Waals surface area (Å²) in [4.78, 5) is 24.3. The molecule has 1 heterocycles. The van der Waals surface area contributed by atoms with Crippen molar-refractivity contribution in [1.29, 1.82) is 0 Å². The molecule has 0 unspecified atom stereocenters. The third-order valence-electron chi connectivity index (χ3n) is 1.48. The van der Waals surface area contributed by atoms with E-state index in [0.717, 1.165) is 0 Å². The second kappa shape index (κ2) is 5.01. The van der Waals surface area contributed by atoms with Gasteiger partial charge in [-0.3, -0.25) is 4.79 Å². The van der Waals surface area contributed by atoms with E-state index >= 15 is 0 Å². The predicted molar refractivity (Wildman–Crippen MR) is 52.7 cm³/mol. The van der Waals surface area contributed by atoms with E-state index in [9.17, 15) is 9.59 Å². The Morgan fingerprint density at radius 1 is 1.57 bits per heavy atom.